The summed E-state index contributed by atoms with van der Waals surface area (Å²) in [5.41, 5.74) is 3.07. The van der Waals surface area contributed by atoms with Crippen LogP contribution in [0.2, 0.25) is 10.0 Å². The molecule has 3 aromatic carbocycles. The molecule has 0 amide bonds. The monoisotopic (exact) mass is 528 g/mol. The van der Waals surface area contributed by atoms with E-state index in [-0.39, 0.29) is 0 Å². The number of pyridine rings is 1. The minimum absolute atomic E-state index is 0.409. The number of benzene rings is 3. The fraction of sp³-hybridized carbons (Fsp3) is 0.138. The van der Waals surface area contributed by atoms with Gasteiger partial charge in [0.15, 0.2) is 5.60 Å². The number of imidazole rings is 1. The molecule has 0 saturated heterocycles. The topological polar surface area (TPSA) is 84.0 Å². The first-order valence-electron chi connectivity index (χ1n) is 11.5. The summed E-state index contributed by atoms with van der Waals surface area (Å²) in [5, 5.41) is 23.3. The summed E-state index contributed by atoms with van der Waals surface area (Å²) in [6.07, 6.45) is 3.71. The molecule has 1 N–H and O–H groups in total. The molecule has 2 aromatic heterocycles. The van der Waals surface area contributed by atoms with Gasteiger partial charge in [-0.25, -0.2) is 9.97 Å². The molecule has 1 atom stereocenters. The molecule has 2 heterocycles. The van der Waals surface area contributed by atoms with Crippen molar-refractivity contribution in [1.82, 2.24) is 14.5 Å². The second-order valence-electron chi connectivity index (χ2n) is 8.74. The number of halogens is 2. The highest BCUT2D eigenvalue weighted by Crippen LogP contribution is 2.40. The zero-order valence-electron chi connectivity index (χ0n) is 20.1. The third-order valence-electron chi connectivity index (χ3n) is 6.48. The lowest BCUT2D eigenvalue weighted by atomic mass is 9.83. The first-order valence-corrected chi connectivity index (χ1v) is 12.2. The Morgan fingerprint density at radius 3 is 2.49 bits per heavy atom. The summed E-state index contributed by atoms with van der Waals surface area (Å²) in [7, 11) is 3.38. The summed E-state index contributed by atoms with van der Waals surface area (Å²) in [5.74, 6) is 0.409. The van der Waals surface area contributed by atoms with Crippen LogP contribution < -0.4 is 4.74 Å². The molecule has 0 fully saturated rings. The van der Waals surface area contributed by atoms with Crippen LogP contribution in [-0.2, 0) is 19.1 Å². The van der Waals surface area contributed by atoms with Crippen LogP contribution >= 0.6 is 23.2 Å². The van der Waals surface area contributed by atoms with E-state index in [1.165, 1.54) is 0 Å². The van der Waals surface area contributed by atoms with Crippen LogP contribution in [0.5, 0.6) is 5.88 Å². The highest BCUT2D eigenvalue weighted by atomic mass is 35.5. The van der Waals surface area contributed by atoms with Gasteiger partial charge in [0.05, 0.1) is 47.5 Å². The smallest absolute Gasteiger partial charge is 0.218 e. The van der Waals surface area contributed by atoms with E-state index in [9.17, 15) is 10.4 Å². The first kappa shape index (κ1) is 24.8. The average molecular weight is 529 g/mol. The third-order valence-corrected chi connectivity index (χ3v) is 7.16. The molecule has 5 aromatic rings. The van der Waals surface area contributed by atoms with Crippen molar-refractivity contribution in [3.05, 3.63) is 123 Å². The maximum atomic E-state index is 12.3. The van der Waals surface area contributed by atoms with E-state index in [0.717, 1.165) is 5.56 Å². The van der Waals surface area contributed by atoms with Gasteiger partial charge in [-0.05, 0) is 53.1 Å². The molecule has 0 saturated carbocycles. The van der Waals surface area contributed by atoms with Gasteiger partial charge in [-0.1, -0.05) is 53.5 Å². The summed E-state index contributed by atoms with van der Waals surface area (Å²) in [4.78, 5) is 8.93. The number of nitrogens with zero attached hydrogens (tertiary/aromatic N) is 4. The second kappa shape index (κ2) is 9.87. The van der Waals surface area contributed by atoms with Crippen LogP contribution in [0.1, 0.15) is 33.5 Å². The minimum Gasteiger partial charge on any atom is -0.481 e. The zero-order chi connectivity index (χ0) is 26.2. The van der Waals surface area contributed by atoms with Gasteiger partial charge in [-0.3, -0.25) is 0 Å². The van der Waals surface area contributed by atoms with Crippen molar-refractivity contribution in [2.24, 2.45) is 7.05 Å². The maximum Gasteiger partial charge on any atom is 0.218 e. The number of rotatable bonds is 6. The molecule has 8 heteroatoms. The summed E-state index contributed by atoms with van der Waals surface area (Å²) >= 11 is 13.1. The lowest BCUT2D eigenvalue weighted by Crippen LogP contribution is -2.31. The summed E-state index contributed by atoms with van der Waals surface area (Å²) < 4.78 is 7.36. The minimum atomic E-state index is -1.53. The van der Waals surface area contributed by atoms with E-state index in [0.29, 0.717) is 61.2 Å². The number of aryl methyl sites for hydroxylation is 1. The van der Waals surface area contributed by atoms with Crippen LogP contribution in [0, 0.1) is 11.3 Å². The molecule has 0 aliphatic heterocycles. The van der Waals surface area contributed by atoms with Gasteiger partial charge >= 0.3 is 0 Å². The second-order valence-corrected chi connectivity index (χ2v) is 9.56. The fourth-order valence-corrected chi connectivity index (χ4v) is 5.03. The first-order chi connectivity index (χ1) is 17.8. The molecule has 0 bridgehead atoms. The quantitative estimate of drug-likeness (QED) is 0.290. The Balaban J connectivity index is 1.71. The lowest BCUT2D eigenvalue weighted by Gasteiger charge is -2.30. The Morgan fingerprint density at radius 1 is 1.05 bits per heavy atom. The van der Waals surface area contributed by atoms with E-state index in [1.807, 2.05) is 43.4 Å². The zero-order valence-corrected chi connectivity index (χ0v) is 21.6. The van der Waals surface area contributed by atoms with E-state index in [4.69, 9.17) is 32.9 Å². The SMILES string of the molecule is COc1nc2ccc(C(O)(c3ccc(Cl)cc3)c3cncn3C)cc2c(Cl)c1Cc1cccc(C#N)c1. The van der Waals surface area contributed by atoms with Crippen LogP contribution in [-0.4, -0.2) is 26.8 Å². The van der Waals surface area contributed by atoms with Crippen molar-refractivity contribution in [3.63, 3.8) is 0 Å². The predicted octanol–water partition coefficient (Wildman–Crippen LogP) is 6.03. The van der Waals surface area contributed by atoms with E-state index in [2.05, 4.69) is 11.1 Å². The van der Waals surface area contributed by atoms with Crippen molar-refractivity contribution in [1.29, 1.82) is 5.26 Å². The number of hydrogen-bond acceptors (Lipinski definition) is 5. The number of ether oxygens (including phenoxy) is 1. The molecule has 0 radical (unpaired) electrons. The van der Waals surface area contributed by atoms with Gasteiger partial charge < -0.3 is 14.4 Å². The Morgan fingerprint density at radius 2 is 1.81 bits per heavy atom. The number of methoxy groups -OCH3 is 1. The highest BCUT2D eigenvalue weighted by Gasteiger charge is 2.37. The van der Waals surface area contributed by atoms with Crippen molar-refractivity contribution in [2.75, 3.05) is 7.11 Å². The van der Waals surface area contributed by atoms with Crippen LogP contribution in [0.15, 0.2) is 79.3 Å². The largest absolute Gasteiger partial charge is 0.481 e. The van der Waals surface area contributed by atoms with E-state index >= 15 is 0 Å². The Kier molecular flexibility index (Phi) is 6.61. The molecule has 5 rings (SSSR count). The van der Waals surface area contributed by atoms with Crippen molar-refractivity contribution in [3.8, 4) is 11.9 Å². The summed E-state index contributed by atoms with van der Waals surface area (Å²) in [6, 6.07) is 22.1. The number of hydrogen-bond donors (Lipinski definition) is 1. The van der Waals surface area contributed by atoms with Crippen molar-refractivity contribution in [2.45, 2.75) is 12.0 Å². The molecule has 0 spiro atoms. The Labute approximate surface area is 224 Å². The van der Waals surface area contributed by atoms with E-state index < -0.39 is 5.60 Å². The van der Waals surface area contributed by atoms with Gasteiger partial charge in [0, 0.05) is 29.4 Å². The third kappa shape index (κ3) is 4.42. The number of fused-ring (bicyclic) bond motifs is 1. The van der Waals surface area contributed by atoms with Gasteiger partial charge in [-0.2, -0.15) is 5.26 Å². The number of nitriles is 1. The molecular formula is C29H22Cl2N4O2. The molecule has 0 aliphatic carbocycles. The molecule has 6 nitrogen and oxygen atoms in total. The Bertz CT molecular complexity index is 1660. The maximum absolute atomic E-state index is 12.3. The normalized spacial score (nSPS) is 12.8. The average Bonchev–Trinajstić information content (AvgIpc) is 3.36. The Hall–Kier alpha value is -3.89. The van der Waals surface area contributed by atoms with Crippen LogP contribution in [0.4, 0.5) is 0 Å². The molecule has 37 heavy (non-hydrogen) atoms. The molecular weight excluding hydrogens is 507 g/mol. The fourth-order valence-electron chi connectivity index (χ4n) is 4.60. The van der Waals surface area contributed by atoms with Crippen LogP contribution in [0.3, 0.4) is 0 Å². The van der Waals surface area contributed by atoms with E-state index in [1.54, 1.807) is 54.5 Å². The number of aliphatic hydroxyl groups is 1. The van der Waals surface area contributed by atoms with Crippen molar-refractivity contribution >= 4 is 34.1 Å². The van der Waals surface area contributed by atoms with Crippen LogP contribution in [0.25, 0.3) is 10.9 Å². The van der Waals surface area contributed by atoms with Gasteiger partial charge in [0.2, 0.25) is 5.88 Å². The highest BCUT2D eigenvalue weighted by molar-refractivity contribution is 6.36. The van der Waals surface area contributed by atoms with Gasteiger partial charge in [0.1, 0.15) is 0 Å². The standard InChI is InChI=1S/C29H22Cl2N4O2/c1-35-17-33-16-26(35)29(36,20-6-9-22(30)10-7-20)21-8-11-25-23(14-21)27(31)24(28(34-25)37-2)13-18-4-3-5-19(12-18)15-32/h3-12,14,16-17,36H,13H2,1-2H3. The number of aromatic nitrogens is 3. The lowest BCUT2D eigenvalue weighted by molar-refractivity contribution is 0.117. The van der Waals surface area contributed by atoms with Crippen molar-refractivity contribution < 1.29 is 9.84 Å². The molecule has 0 aliphatic rings. The van der Waals surface area contributed by atoms with Gasteiger partial charge in [-0.15, -0.1) is 0 Å². The summed E-state index contributed by atoms with van der Waals surface area (Å²) in [6.45, 7) is 0. The molecule has 184 valence electrons. The molecule has 1 unspecified atom stereocenters. The predicted molar refractivity (Wildman–Crippen MR) is 144 cm³/mol. The van der Waals surface area contributed by atoms with Gasteiger partial charge in [0.25, 0.3) is 0 Å².